The SMILES string of the molecule is COc1ccc(CN(Cc2ccc(OC)cc2)c2nccc(N[C@H]3C[C@@H](N(C)C(=O)OC(C)(C)C)C3)c2N)cc1. The van der Waals surface area contributed by atoms with E-state index in [1.165, 1.54) is 0 Å². The molecule has 2 aromatic carbocycles. The number of carbonyl (C=O) groups is 1. The van der Waals surface area contributed by atoms with Gasteiger partial charge < -0.3 is 35.1 Å². The van der Waals surface area contributed by atoms with E-state index >= 15 is 0 Å². The number of nitrogens with zero attached hydrogens (tertiary/aromatic N) is 3. The van der Waals surface area contributed by atoms with Crippen molar-refractivity contribution in [2.24, 2.45) is 0 Å². The largest absolute Gasteiger partial charge is 0.497 e. The van der Waals surface area contributed by atoms with E-state index in [1.54, 1.807) is 32.4 Å². The third kappa shape index (κ3) is 7.28. The van der Waals surface area contributed by atoms with Gasteiger partial charge in [-0.05, 0) is 75.1 Å². The first-order valence-electron chi connectivity index (χ1n) is 13.5. The van der Waals surface area contributed by atoms with Gasteiger partial charge in [0.2, 0.25) is 0 Å². The second-order valence-corrected chi connectivity index (χ2v) is 11.2. The minimum Gasteiger partial charge on any atom is -0.497 e. The van der Waals surface area contributed by atoms with Crippen LogP contribution in [0.1, 0.15) is 44.7 Å². The summed E-state index contributed by atoms with van der Waals surface area (Å²) in [5, 5.41) is 3.57. The van der Waals surface area contributed by atoms with Crippen LogP contribution in [-0.4, -0.2) is 54.9 Å². The summed E-state index contributed by atoms with van der Waals surface area (Å²) in [6.07, 6.45) is 3.11. The molecule has 1 fully saturated rings. The van der Waals surface area contributed by atoms with E-state index in [2.05, 4.69) is 10.2 Å². The molecule has 3 N–H and O–H groups in total. The number of aromatic nitrogens is 1. The first-order chi connectivity index (χ1) is 19.1. The molecule has 40 heavy (non-hydrogen) atoms. The molecular weight excluding hydrogens is 506 g/mol. The Balaban J connectivity index is 1.49. The van der Waals surface area contributed by atoms with E-state index in [1.807, 2.05) is 75.4 Å². The number of carbonyl (C=O) groups excluding carboxylic acids is 1. The number of methoxy groups -OCH3 is 2. The van der Waals surface area contributed by atoms with Gasteiger partial charge >= 0.3 is 6.09 Å². The number of anilines is 3. The van der Waals surface area contributed by atoms with Crippen molar-refractivity contribution in [2.75, 3.05) is 37.2 Å². The molecule has 0 atom stereocenters. The Morgan fingerprint density at radius 3 is 1.95 bits per heavy atom. The van der Waals surface area contributed by atoms with Gasteiger partial charge in [0.1, 0.15) is 17.1 Å². The summed E-state index contributed by atoms with van der Waals surface area (Å²) in [5.74, 6) is 2.33. The normalized spacial score (nSPS) is 16.4. The minimum atomic E-state index is -0.516. The van der Waals surface area contributed by atoms with Gasteiger partial charge in [-0.2, -0.15) is 0 Å². The summed E-state index contributed by atoms with van der Waals surface area (Å²) in [6.45, 7) is 6.85. The molecule has 9 nitrogen and oxygen atoms in total. The van der Waals surface area contributed by atoms with Crippen LogP contribution in [0.4, 0.5) is 22.0 Å². The average Bonchev–Trinajstić information content (AvgIpc) is 2.90. The predicted octanol–water partition coefficient (Wildman–Crippen LogP) is 5.70. The van der Waals surface area contributed by atoms with E-state index in [0.29, 0.717) is 24.6 Å². The van der Waals surface area contributed by atoms with Crippen LogP contribution < -0.4 is 25.4 Å². The maximum absolute atomic E-state index is 12.4. The van der Waals surface area contributed by atoms with Gasteiger partial charge in [-0.3, -0.25) is 0 Å². The van der Waals surface area contributed by atoms with E-state index in [-0.39, 0.29) is 18.2 Å². The first kappa shape index (κ1) is 28.9. The number of nitrogens with one attached hydrogen (secondary N) is 1. The Labute approximate surface area is 237 Å². The van der Waals surface area contributed by atoms with Gasteiger partial charge in [-0.1, -0.05) is 24.3 Å². The molecule has 1 aliphatic carbocycles. The summed E-state index contributed by atoms with van der Waals surface area (Å²) in [6, 6.07) is 18.2. The fraction of sp³-hybridized carbons (Fsp3) is 0.419. The van der Waals surface area contributed by atoms with Crippen LogP contribution in [0, 0.1) is 0 Å². The topological polar surface area (TPSA) is 102 Å². The monoisotopic (exact) mass is 547 g/mol. The molecule has 1 heterocycles. The number of hydrogen-bond acceptors (Lipinski definition) is 8. The number of benzene rings is 2. The van der Waals surface area contributed by atoms with Gasteiger partial charge in [-0.25, -0.2) is 9.78 Å². The molecule has 214 valence electrons. The van der Waals surface area contributed by atoms with E-state index in [0.717, 1.165) is 41.2 Å². The summed E-state index contributed by atoms with van der Waals surface area (Å²) < 4.78 is 16.2. The Kier molecular flexibility index (Phi) is 8.92. The molecule has 0 saturated heterocycles. The maximum Gasteiger partial charge on any atom is 0.410 e. The second-order valence-electron chi connectivity index (χ2n) is 11.2. The van der Waals surface area contributed by atoms with Crippen LogP contribution in [0.2, 0.25) is 0 Å². The van der Waals surface area contributed by atoms with E-state index in [4.69, 9.17) is 24.9 Å². The predicted molar refractivity (Wildman–Crippen MR) is 159 cm³/mol. The molecule has 0 spiro atoms. The van der Waals surface area contributed by atoms with Crippen molar-refractivity contribution in [3.63, 3.8) is 0 Å². The maximum atomic E-state index is 12.4. The molecule has 4 rings (SSSR count). The highest BCUT2D eigenvalue weighted by molar-refractivity contribution is 5.78. The lowest BCUT2D eigenvalue weighted by Crippen LogP contribution is -2.51. The smallest absolute Gasteiger partial charge is 0.410 e. The van der Waals surface area contributed by atoms with Crippen molar-refractivity contribution in [1.29, 1.82) is 0 Å². The molecule has 0 bridgehead atoms. The van der Waals surface area contributed by atoms with Crippen molar-refractivity contribution in [3.05, 3.63) is 71.9 Å². The summed E-state index contributed by atoms with van der Waals surface area (Å²) in [5.41, 5.74) is 9.87. The van der Waals surface area contributed by atoms with Gasteiger partial charge in [0.25, 0.3) is 0 Å². The van der Waals surface area contributed by atoms with Crippen LogP contribution in [0.15, 0.2) is 60.8 Å². The molecule has 0 radical (unpaired) electrons. The first-order valence-corrected chi connectivity index (χ1v) is 13.5. The number of nitrogen functional groups attached to an aromatic ring is 1. The fourth-order valence-corrected chi connectivity index (χ4v) is 4.67. The highest BCUT2D eigenvalue weighted by Crippen LogP contribution is 2.35. The van der Waals surface area contributed by atoms with Crippen molar-refractivity contribution >= 4 is 23.3 Å². The second kappa shape index (κ2) is 12.4. The number of ether oxygens (including phenoxy) is 3. The summed E-state index contributed by atoms with van der Waals surface area (Å²) >= 11 is 0. The van der Waals surface area contributed by atoms with Crippen LogP contribution in [-0.2, 0) is 17.8 Å². The summed E-state index contributed by atoms with van der Waals surface area (Å²) in [7, 11) is 5.12. The third-order valence-electron chi connectivity index (χ3n) is 7.04. The molecule has 1 saturated carbocycles. The number of nitrogens with two attached hydrogens (primary N) is 1. The van der Waals surface area contributed by atoms with Gasteiger partial charge in [-0.15, -0.1) is 0 Å². The molecule has 9 heteroatoms. The van der Waals surface area contributed by atoms with Gasteiger partial charge in [0.15, 0.2) is 5.82 Å². The zero-order valence-corrected chi connectivity index (χ0v) is 24.3. The summed E-state index contributed by atoms with van der Waals surface area (Å²) in [4.78, 5) is 21.0. The Morgan fingerprint density at radius 2 is 1.48 bits per heavy atom. The number of hydrogen-bond donors (Lipinski definition) is 2. The number of rotatable bonds is 10. The third-order valence-corrected chi connectivity index (χ3v) is 7.04. The molecule has 1 aliphatic rings. The Bertz CT molecular complexity index is 1220. The fourth-order valence-electron chi connectivity index (χ4n) is 4.67. The van der Waals surface area contributed by atoms with Gasteiger partial charge in [0, 0.05) is 38.4 Å². The zero-order valence-electron chi connectivity index (χ0n) is 24.3. The van der Waals surface area contributed by atoms with Crippen LogP contribution in [0.5, 0.6) is 11.5 Å². The highest BCUT2D eigenvalue weighted by atomic mass is 16.6. The highest BCUT2D eigenvalue weighted by Gasteiger charge is 2.36. The van der Waals surface area contributed by atoms with Crippen molar-refractivity contribution in [3.8, 4) is 11.5 Å². The molecule has 1 aromatic heterocycles. The number of pyridine rings is 1. The van der Waals surface area contributed by atoms with E-state index < -0.39 is 5.60 Å². The zero-order chi connectivity index (χ0) is 28.9. The molecule has 0 unspecified atom stereocenters. The van der Waals surface area contributed by atoms with Gasteiger partial charge in [0.05, 0.1) is 25.6 Å². The van der Waals surface area contributed by atoms with Crippen molar-refractivity contribution < 1.29 is 19.0 Å². The van der Waals surface area contributed by atoms with E-state index in [9.17, 15) is 4.79 Å². The Hall–Kier alpha value is -4.14. The lowest BCUT2D eigenvalue weighted by atomic mass is 9.85. The molecule has 1 amide bonds. The lowest BCUT2D eigenvalue weighted by molar-refractivity contribution is 0.0132. The van der Waals surface area contributed by atoms with Crippen molar-refractivity contribution in [1.82, 2.24) is 9.88 Å². The molecule has 3 aromatic rings. The standard InChI is InChI=1S/C31H41N5O4/c1-31(2,3)40-30(37)35(4)24-17-23(18-24)34-27-15-16-33-29(28(27)32)36(19-21-7-11-25(38-5)12-8-21)20-22-9-13-26(39-6)14-10-22/h7-16,23-24H,17-20,32H2,1-6H3,(H,33,34)/t23-,24+. The van der Waals surface area contributed by atoms with Crippen LogP contribution in [0.3, 0.4) is 0 Å². The average molecular weight is 548 g/mol. The molecule has 0 aliphatic heterocycles. The lowest BCUT2D eigenvalue weighted by Gasteiger charge is -2.42. The van der Waals surface area contributed by atoms with Crippen LogP contribution in [0.25, 0.3) is 0 Å². The minimum absolute atomic E-state index is 0.122. The number of amides is 1. The van der Waals surface area contributed by atoms with Crippen molar-refractivity contribution in [2.45, 2.75) is 64.4 Å². The van der Waals surface area contributed by atoms with Crippen LogP contribution >= 0.6 is 0 Å². The molecular formula is C31H41N5O4. The Morgan fingerprint density at radius 1 is 0.950 bits per heavy atom. The quantitative estimate of drug-likeness (QED) is 0.333.